The molecule has 0 aliphatic heterocycles. The molecule has 0 spiro atoms. The predicted molar refractivity (Wildman–Crippen MR) is 111 cm³/mol. The van der Waals surface area contributed by atoms with Crippen molar-refractivity contribution in [3.8, 4) is 0 Å². The van der Waals surface area contributed by atoms with Gasteiger partial charge in [-0.2, -0.15) is 8.42 Å². The van der Waals surface area contributed by atoms with Crippen LogP contribution in [-0.4, -0.2) is 32.5 Å². The first kappa shape index (κ1) is 25.9. The third kappa shape index (κ3) is 20.2. The van der Waals surface area contributed by atoms with Crippen LogP contribution in [-0.2, 0) is 14.3 Å². The Labute approximate surface area is 163 Å². The highest BCUT2D eigenvalue weighted by Crippen LogP contribution is 2.14. The number of rotatable bonds is 21. The monoisotopic (exact) mass is 392 g/mol. The molecular weight excluding hydrogens is 348 g/mol. The summed E-state index contributed by atoms with van der Waals surface area (Å²) in [6, 6.07) is 0. The van der Waals surface area contributed by atoms with Gasteiger partial charge in [-0.25, -0.2) is 0 Å². The second-order valence-corrected chi connectivity index (χ2v) is 9.22. The highest BCUT2D eigenvalue weighted by molar-refractivity contribution is 7.86. The second kappa shape index (κ2) is 19.6. The van der Waals surface area contributed by atoms with E-state index in [1.807, 2.05) is 0 Å². The summed E-state index contributed by atoms with van der Waals surface area (Å²) < 4.78 is 27.9. The number of hydrogen-bond donors (Lipinski definition) is 1. The molecule has 0 aromatic heterocycles. The van der Waals surface area contributed by atoms with Gasteiger partial charge < -0.3 is 5.11 Å². The van der Waals surface area contributed by atoms with E-state index < -0.39 is 10.1 Å². The first-order valence-corrected chi connectivity index (χ1v) is 12.7. The Bertz CT molecular complexity index is 368. The van der Waals surface area contributed by atoms with E-state index in [0.29, 0.717) is 12.8 Å². The van der Waals surface area contributed by atoms with Crippen LogP contribution < -0.4 is 0 Å². The smallest absolute Gasteiger partial charge is 0.267 e. The molecule has 4 nitrogen and oxygen atoms in total. The fourth-order valence-electron chi connectivity index (χ4n) is 3.14. The Balaban J connectivity index is 3.20. The fourth-order valence-corrected chi connectivity index (χ4v) is 4.18. The van der Waals surface area contributed by atoms with Crippen molar-refractivity contribution in [2.45, 2.75) is 116 Å². The molecule has 0 aliphatic carbocycles. The predicted octanol–water partition coefficient (Wildman–Crippen LogP) is 5.98. The molecule has 0 heterocycles. The Kier molecular flexibility index (Phi) is 19.5. The Morgan fingerprint density at radius 2 is 1.00 bits per heavy atom. The molecule has 0 saturated carbocycles. The van der Waals surface area contributed by atoms with Crippen LogP contribution in [0.2, 0.25) is 0 Å². The number of hydrogen-bond acceptors (Lipinski definition) is 4. The van der Waals surface area contributed by atoms with Gasteiger partial charge in [0.2, 0.25) is 0 Å². The first-order valence-electron chi connectivity index (χ1n) is 11.1. The van der Waals surface area contributed by atoms with Gasteiger partial charge in [0.15, 0.2) is 0 Å². The molecular formula is C21H44O4S. The van der Waals surface area contributed by atoms with Crippen molar-refractivity contribution in [1.82, 2.24) is 0 Å². The fraction of sp³-hybridized carbons (Fsp3) is 1.00. The van der Waals surface area contributed by atoms with Gasteiger partial charge in [0, 0.05) is 6.61 Å². The van der Waals surface area contributed by atoms with Gasteiger partial charge in [0.1, 0.15) is 0 Å². The first-order chi connectivity index (χ1) is 12.6. The maximum absolute atomic E-state index is 11.5. The van der Waals surface area contributed by atoms with E-state index in [9.17, 15) is 8.42 Å². The average molecular weight is 393 g/mol. The van der Waals surface area contributed by atoms with Gasteiger partial charge in [-0.3, -0.25) is 4.18 Å². The third-order valence-corrected chi connectivity index (χ3v) is 6.13. The molecule has 0 aliphatic rings. The lowest BCUT2D eigenvalue weighted by molar-refractivity contribution is 0.236. The topological polar surface area (TPSA) is 63.6 Å². The lowest BCUT2D eigenvalue weighted by atomic mass is 10.0. The molecule has 0 amide bonds. The molecule has 0 unspecified atom stereocenters. The SMILES string of the molecule is CCCCCCCCCCCCCCCCCCS(=O)(=O)OCCCO. The van der Waals surface area contributed by atoms with Crippen LogP contribution in [0, 0.1) is 0 Å². The highest BCUT2D eigenvalue weighted by Gasteiger charge is 2.09. The molecule has 158 valence electrons. The van der Waals surface area contributed by atoms with Gasteiger partial charge in [0.05, 0.1) is 12.4 Å². The summed E-state index contributed by atoms with van der Waals surface area (Å²) in [6.45, 7) is 2.33. The summed E-state index contributed by atoms with van der Waals surface area (Å²) in [5.41, 5.74) is 0. The molecule has 5 heteroatoms. The van der Waals surface area contributed by atoms with E-state index >= 15 is 0 Å². The van der Waals surface area contributed by atoms with Crippen molar-refractivity contribution in [1.29, 1.82) is 0 Å². The molecule has 1 N–H and O–H groups in total. The zero-order valence-electron chi connectivity index (χ0n) is 17.2. The van der Waals surface area contributed by atoms with E-state index in [0.717, 1.165) is 12.8 Å². The summed E-state index contributed by atoms with van der Waals surface area (Å²) in [5, 5.41) is 8.61. The molecule has 26 heavy (non-hydrogen) atoms. The van der Waals surface area contributed by atoms with Gasteiger partial charge in [-0.1, -0.05) is 103 Å². The largest absolute Gasteiger partial charge is 0.396 e. The van der Waals surface area contributed by atoms with Crippen molar-refractivity contribution >= 4 is 10.1 Å². The second-order valence-electron chi connectivity index (χ2n) is 7.46. The van der Waals surface area contributed by atoms with E-state index in [4.69, 9.17) is 9.29 Å². The number of aliphatic hydroxyl groups is 1. The zero-order valence-corrected chi connectivity index (χ0v) is 18.0. The molecule has 0 saturated heterocycles. The molecule has 0 aromatic carbocycles. The van der Waals surface area contributed by atoms with E-state index in [2.05, 4.69) is 6.92 Å². The van der Waals surface area contributed by atoms with Crippen LogP contribution in [0.1, 0.15) is 116 Å². The van der Waals surface area contributed by atoms with Crippen molar-refractivity contribution in [3.63, 3.8) is 0 Å². The summed E-state index contributed by atoms with van der Waals surface area (Å²) in [5.74, 6) is 0.108. The summed E-state index contributed by atoms with van der Waals surface area (Å²) in [6.07, 6.45) is 20.8. The average Bonchev–Trinajstić information content (AvgIpc) is 2.61. The third-order valence-electron chi connectivity index (χ3n) is 4.81. The van der Waals surface area contributed by atoms with Gasteiger partial charge in [0.25, 0.3) is 10.1 Å². The minimum absolute atomic E-state index is 0.0332. The summed E-state index contributed by atoms with van der Waals surface area (Å²) in [4.78, 5) is 0. The van der Waals surface area contributed by atoms with Gasteiger partial charge >= 0.3 is 0 Å². The maximum Gasteiger partial charge on any atom is 0.267 e. The lowest BCUT2D eigenvalue weighted by Crippen LogP contribution is -2.12. The molecule has 0 rings (SSSR count). The molecule has 0 aromatic rings. The van der Waals surface area contributed by atoms with Crippen LogP contribution in [0.5, 0.6) is 0 Å². The van der Waals surface area contributed by atoms with E-state index in [-0.39, 0.29) is 19.0 Å². The molecule has 0 radical (unpaired) electrons. The molecule has 0 bridgehead atoms. The van der Waals surface area contributed by atoms with Crippen molar-refractivity contribution < 1.29 is 17.7 Å². The molecule has 0 atom stereocenters. The minimum atomic E-state index is -3.38. The lowest BCUT2D eigenvalue weighted by Gasteiger charge is -2.05. The Morgan fingerprint density at radius 3 is 1.38 bits per heavy atom. The van der Waals surface area contributed by atoms with Crippen LogP contribution in [0.15, 0.2) is 0 Å². The van der Waals surface area contributed by atoms with Gasteiger partial charge in [-0.15, -0.1) is 0 Å². The van der Waals surface area contributed by atoms with Crippen molar-refractivity contribution in [2.75, 3.05) is 19.0 Å². The van der Waals surface area contributed by atoms with Crippen LogP contribution in [0.25, 0.3) is 0 Å². The quantitative estimate of drug-likeness (QED) is 0.193. The number of unbranched alkanes of at least 4 members (excludes halogenated alkanes) is 15. The van der Waals surface area contributed by atoms with Crippen molar-refractivity contribution in [3.05, 3.63) is 0 Å². The van der Waals surface area contributed by atoms with Crippen LogP contribution in [0.3, 0.4) is 0 Å². The van der Waals surface area contributed by atoms with Crippen LogP contribution in [0.4, 0.5) is 0 Å². The Hall–Kier alpha value is -0.130. The van der Waals surface area contributed by atoms with E-state index in [1.165, 1.54) is 83.5 Å². The minimum Gasteiger partial charge on any atom is -0.396 e. The van der Waals surface area contributed by atoms with Gasteiger partial charge in [-0.05, 0) is 12.8 Å². The molecule has 0 fully saturated rings. The summed E-state index contributed by atoms with van der Waals surface area (Å²) >= 11 is 0. The standard InChI is InChI=1S/C21H44O4S/c1-2-3-4-5-6-7-8-9-10-11-12-13-14-15-16-17-21-26(23,24)25-20-18-19-22/h22H,2-21H2,1H3. The normalized spacial score (nSPS) is 11.9. The maximum atomic E-state index is 11.5. The van der Waals surface area contributed by atoms with E-state index in [1.54, 1.807) is 0 Å². The Morgan fingerprint density at radius 1 is 0.615 bits per heavy atom. The number of aliphatic hydroxyl groups excluding tert-OH is 1. The zero-order chi connectivity index (χ0) is 19.3. The van der Waals surface area contributed by atoms with Crippen LogP contribution >= 0.6 is 0 Å². The van der Waals surface area contributed by atoms with Crippen molar-refractivity contribution in [2.24, 2.45) is 0 Å². The summed E-state index contributed by atoms with van der Waals surface area (Å²) in [7, 11) is -3.38. The highest BCUT2D eigenvalue weighted by atomic mass is 32.2.